The second-order valence-electron chi connectivity index (χ2n) is 4.66. The number of phenolic OH excluding ortho intramolecular Hbond substituents is 1. The Morgan fingerprint density at radius 2 is 2.17 bits per heavy atom. The van der Waals surface area contributed by atoms with E-state index < -0.39 is 10.8 Å². The van der Waals surface area contributed by atoms with E-state index in [4.69, 9.17) is 10.5 Å². The van der Waals surface area contributed by atoms with E-state index in [2.05, 4.69) is 10.5 Å². The maximum absolute atomic E-state index is 11.9. The topological polar surface area (TPSA) is 140 Å². The van der Waals surface area contributed by atoms with Gasteiger partial charge in [0.1, 0.15) is 0 Å². The molecule has 4 N–H and O–H groups in total. The minimum Gasteiger partial charge on any atom is -0.504 e. The van der Waals surface area contributed by atoms with Crippen LogP contribution in [0.2, 0.25) is 0 Å². The fraction of sp³-hybridized carbons (Fsp3) is 0.0667. The Balaban J connectivity index is 2.21. The number of anilines is 1. The molecule has 0 bridgehead atoms. The van der Waals surface area contributed by atoms with Crippen LogP contribution < -0.4 is 15.9 Å². The predicted molar refractivity (Wildman–Crippen MR) is 87.2 cm³/mol. The average molecular weight is 330 g/mol. The molecule has 0 saturated carbocycles. The first-order valence-corrected chi connectivity index (χ1v) is 6.66. The third kappa shape index (κ3) is 3.77. The number of benzene rings is 2. The van der Waals surface area contributed by atoms with E-state index in [1.54, 1.807) is 18.2 Å². The van der Waals surface area contributed by atoms with Gasteiger partial charge in [0.25, 0.3) is 11.6 Å². The van der Waals surface area contributed by atoms with Gasteiger partial charge in [-0.1, -0.05) is 6.07 Å². The molecule has 0 aliphatic heterocycles. The second kappa shape index (κ2) is 7.09. The van der Waals surface area contributed by atoms with E-state index in [-0.39, 0.29) is 22.7 Å². The van der Waals surface area contributed by atoms with Crippen molar-refractivity contribution in [2.24, 2.45) is 5.10 Å². The van der Waals surface area contributed by atoms with Crippen LogP contribution in [-0.4, -0.2) is 29.3 Å². The van der Waals surface area contributed by atoms with Crippen LogP contribution in [0.15, 0.2) is 41.5 Å². The number of nitrogen functional groups attached to an aromatic ring is 1. The standard InChI is InChI=1S/C15H14N4O5/c1-24-14-7-12(19(22)23)10(6-13(14)20)8-17-18-15(21)9-3-2-4-11(16)5-9/h2-8,20H,16H2,1H3,(H,18,21)/b17-8-. The first-order valence-electron chi connectivity index (χ1n) is 6.66. The highest BCUT2D eigenvalue weighted by atomic mass is 16.6. The summed E-state index contributed by atoms with van der Waals surface area (Å²) in [6.45, 7) is 0. The summed E-state index contributed by atoms with van der Waals surface area (Å²) in [7, 11) is 1.28. The number of amides is 1. The van der Waals surface area contributed by atoms with Gasteiger partial charge in [-0.25, -0.2) is 5.43 Å². The molecule has 2 rings (SSSR count). The zero-order valence-corrected chi connectivity index (χ0v) is 12.6. The molecule has 0 heterocycles. The van der Waals surface area contributed by atoms with Gasteiger partial charge < -0.3 is 15.6 Å². The Morgan fingerprint density at radius 3 is 2.79 bits per heavy atom. The van der Waals surface area contributed by atoms with Crippen molar-refractivity contribution in [1.29, 1.82) is 0 Å². The van der Waals surface area contributed by atoms with Crippen LogP contribution in [0.1, 0.15) is 15.9 Å². The molecule has 0 unspecified atom stereocenters. The molecule has 0 aliphatic carbocycles. The Kier molecular flexibility index (Phi) is 4.95. The van der Waals surface area contributed by atoms with Crippen LogP contribution in [0, 0.1) is 10.1 Å². The van der Waals surface area contributed by atoms with Crippen molar-refractivity contribution in [3.8, 4) is 11.5 Å². The van der Waals surface area contributed by atoms with Crippen LogP contribution in [-0.2, 0) is 0 Å². The molecular weight excluding hydrogens is 316 g/mol. The number of phenols is 1. The highest BCUT2D eigenvalue weighted by molar-refractivity contribution is 5.96. The number of nitrogens with one attached hydrogen (secondary N) is 1. The summed E-state index contributed by atoms with van der Waals surface area (Å²) >= 11 is 0. The summed E-state index contributed by atoms with van der Waals surface area (Å²) in [6.07, 6.45) is 1.06. The quantitative estimate of drug-likeness (QED) is 0.329. The van der Waals surface area contributed by atoms with E-state index >= 15 is 0 Å². The molecule has 24 heavy (non-hydrogen) atoms. The first-order chi connectivity index (χ1) is 11.4. The number of hydrogen-bond donors (Lipinski definition) is 3. The Hall–Kier alpha value is -3.62. The number of hydrazone groups is 1. The van der Waals surface area contributed by atoms with Crippen LogP contribution in [0.3, 0.4) is 0 Å². The van der Waals surface area contributed by atoms with Crippen molar-refractivity contribution in [3.05, 3.63) is 57.6 Å². The lowest BCUT2D eigenvalue weighted by atomic mass is 10.1. The van der Waals surface area contributed by atoms with Crippen LogP contribution >= 0.6 is 0 Å². The summed E-state index contributed by atoms with van der Waals surface area (Å²) in [5, 5.41) is 24.4. The van der Waals surface area contributed by atoms with Crippen LogP contribution in [0.5, 0.6) is 11.5 Å². The number of methoxy groups -OCH3 is 1. The number of carbonyl (C=O) groups excluding carboxylic acids is 1. The van der Waals surface area contributed by atoms with E-state index in [1.165, 1.54) is 13.2 Å². The molecule has 124 valence electrons. The number of rotatable bonds is 5. The third-order valence-corrected chi connectivity index (χ3v) is 3.04. The first kappa shape index (κ1) is 16.7. The summed E-state index contributed by atoms with van der Waals surface area (Å²) < 4.78 is 4.82. The molecule has 0 saturated heterocycles. The maximum Gasteiger partial charge on any atom is 0.282 e. The van der Waals surface area contributed by atoms with Crippen LogP contribution in [0.25, 0.3) is 0 Å². The van der Waals surface area contributed by atoms with E-state index in [0.717, 1.165) is 18.3 Å². The van der Waals surface area contributed by atoms with Crippen molar-refractivity contribution in [3.63, 3.8) is 0 Å². The number of carbonyl (C=O) groups is 1. The van der Waals surface area contributed by atoms with Gasteiger partial charge in [-0.3, -0.25) is 14.9 Å². The molecule has 0 spiro atoms. The number of nitrogens with two attached hydrogens (primary N) is 1. The summed E-state index contributed by atoms with van der Waals surface area (Å²) in [4.78, 5) is 22.3. The van der Waals surface area contributed by atoms with Crippen molar-refractivity contribution in [1.82, 2.24) is 5.43 Å². The average Bonchev–Trinajstić information content (AvgIpc) is 2.54. The SMILES string of the molecule is COc1cc([N+](=O)[O-])c(/C=N\NC(=O)c2cccc(N)c2)cc1O. The number of hydrogen-bond acceptors (Lipinski definition) is 7. The van der Waals surface area contributed by atoms with E-state index in [1.807, 2.05) is 0 Å². The molecule has 1 amide bonds. The molecule has 9 nitrogen and oxygen atoms in total. The molecular formula is C15H14N4O5. The number of ether oxygens (including phenoxy) is 1. The van der Waals surface area contributed by atoms with Crippen molar-refractivity contribution in [2.45, 2.75) is 0 Å². The third-order valence-electron chi connectivity index (χ3n) is 3.04. The molecule has 0 fully saturated rings. The van der Waals surface area contributed by atoms with Gasteiger partial charge in [0.15, 0.2) is 11.5 Å². The van der Waals surface area contributed by atoms with Crippen LogP contribution in [0.4, 0.5) is 11.4 Å². The summed E-state index contributed by atoms with van der Waals surface area (Å²) in [6, 6.07) is 8.43. The zero-order valence-electron chi connectivity index (χ0n) is 12.6. The Labute approximate surface area is 136 Å². The Morgan fingerprint density at radius 1 is 1.42 bits per heavy atom. The lowest BCUT2D eigenvalue weighted by Crippen LogP contribution is -2.17. The molecule has 2 aromatic rings. The van der Waals surface area contributed by atoms with E-state index in [9.17, 15) is 20.0 Å². The molecule has 9 heteroatoms. The number of nitro groups is 1. The van der Waals surface area contributed by atoms with Crippen molar-refractivity contribution < 1.29 is 19.6 Å². The van der Waals surface area contributed by atoms with Gasteiger partial charge in [-0.15, -0.1) is 0 Å². The van der Waals surface area contributed by atoms with Gasteiger partial charge in [-0.2, -0.15) is 5.10 Å². The molecule has 0 radical (unpaired) electrons. The van der Waals surface area contributed by atoms with Gasteiger partial charge in [-0.05, 0) is 24.3 Å². The van der Waals surface area contributed by atoms with Gasteiger partial charge in [0.05, 0.1) is 29.9 Å². The second-order valence-corrected chi connectivity index (χ2v) is 4.66. The lowest BCUT2D eigenvalue weighted by Gasteiger charge is -2.05. The zero-order chi connectivity index (χ0) is 17.7. The van der Waals surface area contributed by atoms with Gasteiger partial charge >= 0.3 is 0 Å². The van der Waals surface area contributed by atoms with Crippen molar-refractivity contribution >= 4 is 23.5 Å². The fourth-order valence-corrected chi connectivity index (χ4v) is 1.90. The molecule has 2 aromatic carbocycles. The molecule has 0 aliphatic rings. The van der Waals surface area contributed by atoms with E-state index in [0.29, 0.717) is 11.3 Å². The molecule has 0 atom stereocenters. The highest BCUT2D eigenvalue weighted by Crippen LogP contribution is 2.32. The fourth-order valence-electron chi connectivity index (χ4n) is 1.90. The minimum absolute atomic E-state index is 0.00572. The van der Waals surface area contributed by atoms with Crippen molar-refractivity contribution in [2.75, 3.05) is 12.8 Å². The monoisotopic (exact) mass is 330 g/mol. The highest BCUT2D eigenvalue weighted by Gasteiger charge is 2.17. The number of nitro benzene ring substituents is 1. The summed E-state index contributed by atoms with van der Waals surface area (Å²) in [5.74, 6) is -0.853. The smallest absolute Gasteiger partial charge is 0.282 e. The normalized spacial score (nSPS) is 10.5. The minimum atomic E-state index is -0.650. The molecule has 0 aromatic heterocycles. The number of nitrogens with zero attached hydrogens (tertiary/aromatic N) is 2. The predicted octanol–water partition coefficient (Wildman–Crippen LogP) is 1.66. The largest absolute Gasteiger partial charge is 0.504 e. The van der Waals surface area contributed by atoms with Gasteiger partial charge in [0.2, 0.25) is 0 Å². The lowest BCUT2D eigenvalue weighted by molar-refractivity contribution is -0.385. The number of aromatic hydroxyl groups is 1. The summed E-state index contributed by atoms with van der Waals surface area (Å²) in [5.41, 5.74) is 8.20. The van der Waals surface area contributed by atoms with Gasteiger partial charge in [0, 0.05) is 11.3 Å². The maximum atomic E-state index is 11.9. The Bertz CT molecular complexity index is 820.